The van der Waals surface area contributed by atoms with E-state index in [2.05, 4.69) is 5.32 Å². The predicted octanol–water partition coefficient (Wildman–Crippen LogP) is 4.43. The van der Waals surface area contributed by atoms with Crippen molar-refractivity contribution < 1.29 is 14.3 Å². The normalized spacial score (nSPS) is 10.3. The molecule has 0 radical (unpaired) electrons. The van der Waals surface area contributed by atoms with E-state index in [-0.39, 0.29) is 21.5 Å². The van der Waals surface area contributed by atoms with Gasteiger partial charge < -0.3 is 10.1 Å². The largest absolute Gasteiger partial charge is 0.455 e. The van der Waals surface area contributed by atoms with Gasteiger partial charge in [0.25, 0.3) is 5.91 Å². The van der Waals surface area contributed by atoms with E-state index < -0.39 is 18.5 Å². The van der Waals surface area contributed by atoms with E-state index in [0.29, 0.717) is 5.69 Å². The molecule has 0 fully saturated rings. The van der Waals surface area contributed by atoms with Crippen LogP contribution in [0.2, 0.25) is 15.1 Å². The summed E-state index contributed by atoms with van der Waals surface area (Å²) in [5.41, 5.74) is 1.15. The van der Waals surface area contributed by atoms with Gasteiger partial charge in [-0.2, -0.15) is 11.3 Å². The van der Waals surface area contributed by atoms with Gasteiger partial charge in [-0.1, -0.05) is 34.8 Å². The lowest BCUT2D eigenvalue weighted by Gasteiger charge is -2.09. The maximum Gasteiger partial charge on any atom is 0.310 e. The van der Waals surface area contributed by atoms with Crippen LogP contribution in [0.5, 0.6) is 0 Å². The number of amides is 1. The van der Waals surface area contributed by atoms with Crippen molar-refractivity contribution in [2.75, 3.05) is 11.9 Å². The maximum atomic E-state index is 11.7. The number of rotatable bonds is 5. The molecular formula is C14H10Cl3NO3S. The Kier molecular flexibility index (Phi) is 6.08. The fourth-order valence-corrected chi connectivity index (χ4v) is 2.82. The van der Waals surface area contributed by atoms with Gasteiger partial charge in [-0.05, 0) is 34.5 Å². The SMILES string of the molecule is O=C(COC(=O)Cc1ccsc1)Nc1cc(Cl)c(Cl)cc1Cl. The Morgan fingerprint density at radius 3 is 2.55 bits per heavy atom. The quantitative estimate of drug-likeness (QED) is 0.618. The van der Waals surface area contributed by atoms with Gasteiger partial charge in [0, 0.05) is 0 Å². The number of carbonyl (C=O) groups is 2. The highest BCUT2D eigenvalue weighted by Crippen LogP contribution is 2.32. The molecule has 0 aliphatic rings. The van der Waals surface area contributed by atoms with Crippen LogP contribution in [-0.2, 0) is 20.7 Å². The van der Waals surface area contributed by atoms with Gasteiger partial charge in [0.2, 0.25) is 0 Å². The third-order valence-corrected chi connectivity index (χ3v) is 4.34. The third-order valence-electron chi connectivity index (χ3n) is 2.58. The number of benzene rings is 1. The molecule has 0 atom stereocenters. The molecule has 2 aromatic rings. The first-order chi connectivity index (χ1) is 10.5. The molecule has 22 heavy (non-hydrogen) atoms. The van der Waals surface area contributed by atoms with Gasteiger partial charge >= 0.3 is 5.97 Å². The van der Waals surface area contributed by atoms with Crippen LogP contribution >= 0.6 is 46.1 Å². The first kappa shape index (κ1) is 17.1. The van der Waals surface area contributed by atoms with Crippen LogP contribution in [0.4, 0.5) is 5.69 Å². The number of thiophene rings is 1. The highest BCUT2D eigenvalue weighted by atomic mass is 35.5. The van der Waals surface area contributed by atoms with Gasteiger partial charge in [0.1, 0.15) is 0 Å². The zero-order valence-electron chi connectivity index (χ0n) is 11.1. The van der Waals surface area contributed by atoms with E-state index in [0.717, 1.165) is 5.56 Å². The Hall–Kier alpha value is -1.27. The average molecular weight is 379 g/mol. The summed E-state index contributed by atoms with van der Waals surface area (Å²) in [6.45, 7) is -0.403. The highest BCUT2D eigenvalue weighted by molar-refractivity contribution is 7.08. The molecular weight excluding hydrogens is 369 g/mol. The summed E-state index contributed by atoms with van der Waals surface area (Å²) in [6.07, 6.45) is 0.129. The lowest BCUT2D eigenvalue weighted by Crippen LogP contribution is -2.21. The minimum absolute atomic E-state index is 0.129. The van der Waals surface area contributed by atoms with E-state index in [9.17, 15) is 9.59 Å². The standard InChI is InChI=1S/C14H10Cl3NO3S/c15-9-4-11(17)12(5-10(9)16)18-13(19)6-21-14(20)3-8-1-2-22-7-8/h1-2,4-5,7H,3,6H2,(H,18,19). The van der Waals surface area contributed by atoms with E-state index >= 15 is 0 Å². The summed E-state index contributed by atoms with van der Waals surface area (Å²) in [5, 5.41) is 7.00. The van der Waals surface area contributed by atoms with Crippen molar-refractivity contribution in [3.05, 3.63) is 49.6 Å². The average Bonchev–Trinajstić information content (AvgIpc) is 2.95. The number of ether oxygens (including phenoxy) is 1. The van der Waals surface area contributed by atoms with Gasteiger partial charge in [-0.3, -0.25) is 9.59 Å². The Balaban J connectivity index is 1.85. The molecule has 0 saturated carbocycles. The van der Waals surface area contributed by atoms with Crippen molar-refractivity contribution in [3.8, 4) is 0 Å². The van der Waals surface area contributed by atoms with Crippen LogP contribution in [0.3, 0.4) is 0 Å². The third kappa shape index (κ3) is 4.88. The molecule has 1 amide bonds. The summed E-state index contributed by atoms with van der Waals surface area (Å²) < 4.78 is 4.89. The first-order valence-corrected chi connectivity index (χ1v) is 8.14. The maximum absolute atomic E-state index is 11.7. The summed E-state index contributed by atoms with van der Waals surface area (Å²) in [6, 6.07) is 4.67. The number of hydrogen-bond donors (Lipinski definition) is 1. The molecule has 0 saturated heterocycles. The smallest absolute Gasteiger partial charge is 0.310 e. The van der Waals surface area contributed by atoms with E-state index in [1.807, 2.05) is 16.8 Å². The molecule has 0 aliphatic heterocycles. The molecule has 116 valence electrons. The summed E-state index contributed by atoms with van der Waals surface area (Å²) >= 11 is 19.1. The number of carbonyl (C=O) groups excluding carboxylic acids is 2. The Bertz CT molecular complexity index is 689. The van der Waals surface area contributed by atoms with Gasteiger partial charge in [-0.25, -0.2) is 0 Å². The molecule has 0 spiro atoms. The molecule has 1 aromatic heterocycles. The molecule has 0 bridgehead atoms. The van der Waals surface area contributed by atoms with Crippen LogP contribution in [-0.4, -0.2) is 18.5 Å². The summed E-state index contributed by atoms with van der Waals surface area (Å²) in [7, 11) is 0. The van der Waals surface area contributed by atoms with Gasteiger partial charge in [-0.15, -0.1) is 0 Å². The molecule has 4 nitrogen and oxygen atoms in total. The van der Waals surface area contributed by atoms with Gasteiger partial charge in [0.15, 0.2) is 6.61 Å². The molecule has 0 unspecified atom stereocenters. The van der Waals surface area contributed by atoms with E-state index in [4.69, 9.17) is 39.5 Å². The Morgan fingerprint density at radius 2 is 1.86 bits per heavy atom. The zero-order valence-corrected chi connectivity index (χ0v) is 14.2. The van der Waals surface area contributed by atoms with Crippen LogP contribution in [0.25, 0.3) is 0 Å². The number of halogens is 3. The summed E-state index contributed by atoms with van der Waals surface area (Å²) in [4.78, 5) is 23.3. The van der Waals surface area contributed by atoms with Crippen molar-refractivity contribution in [2.45, 2.75) is 6.42 Å². The second-order valence-electron chi connectivity index (χ2n) is 4.26. The molecule has 2 rings (SSSR count). The lowest BCUT2D eigenvalue weighted by molar-refractivity contribution is -0.146. The molecule has 1 aromatic carbocycles. The molecule has 0 aliphatic carbocycles. The first-order valence-electron chi connectivity index (χ1n) is 6.07. The minimum atomic E-state index is -0.515. The number of anilines is 1. The number of nitrogens with one attached hydrogen (secondary N) is 1. The van der Waals surface area contributed by atoms with Crippen molar-refractivity contribution in [1.29, 1.82) is 0 Å². The van der Waals surface area contributed by atoms with Crippen LogP contribution in [0, 0.1) is 0 Å². The van der Waals surface area contributed by atoms with Crippen molar-refractivity contribution >= 4 is 63.7 Å². The Morgan fingerprint density at radius 1 is 1.14 bits per heavy atom. The lowest BCUT2D eigenvalue weighted by atomic mass is 10.2. The van der Waals surface area contributed by atoms with Crippen LogP contribution in [0.15, 0.2) is 29.0 Å². The van der Waals surface area contributed by atoms with E-state index in [1.54, 1.807) is 0 Å². The van der Waals surface area contributed by atoms with Crippen molar-refractivity contribution in [3.63, 3.8) is 0 Å². The fourth-order valence-electron chi connectivity index (χ4n) is 1.56. The number of hydrogen-bond acceptors (Lipinski definition) is 4. The van der Waals surface area contributed by atoms with Crippen LogP contribution in [0.1, 0.15) is 5.56 Å². The second kappa shape index (κ2) is 7.83. The number of esters is 1. The zero-order chi connectivity index (χ0) is 16.1. The highest BCUT2D eigenvalue weighted by Gasteiger charge is 2.12. The molecule has 1 N–H and O–H groups in total. The second-order valence-corrected chi connectivity index (χ2v) is 6.27. The van der Waals surface area contributed by atoms with Crippen molar-refractivity contribution in [1.82, 2.24) is 0 Å². The fraction of sp³-hybridized carbons (Fsp3) is 0.143. The molecule has 8 heteroatoms. The van der Waals surface area contributed by atoms with Crippen LogP contribution < -0.4 is 5.32 Å². The minimum Gasteiger partial charge on any atom is -0.455 e. The van der Waals surface area contributed by atoms with E-state index in [1.165, 1.54) is 23.5 Å². The predicted molar refractivity (Wildman–Crippen MR) is 89.1 cm³/mol. The molecule has 1 heterocycles. The van der Waals surface area contributed by atoms with Gasteiger partial charge in [0.05, 0.1) is 27.2 Å². The monoisotopic (exact) mass is 377 g/mol. The van der Waals surface area contributed by atoms with Crippen molar-refractivity contribution in [2.24, 2.45) is 0 Å². The summed E-state index contributed by atoms with van der Waals surface area (Å²) in [5.74, 6) is -0.993. The Labute approximate surface area is 145 Å². The topological polar surface area (TPSA) is 55.4 Å².